The number of ether oxygens (including phenoxy) is 14. The molecule has 14 atom stereocenters. The number of nitrogens with zero attached hydrogens (tertiary/aromatic N) is 2. The predicted octanol–water partition coefficient (Wildman–Crippen LogP) is 21.2. The minimum atomic E-state index is -0.864. The van der Waals surface area contributed by atoms with Gasteiger partial charge in [0.05, 0.1) is 104 Å². The first-order valence-corrected chi connectivity index (χ1v) is 41.3. The molecule has 2 N–H and O–H groups in total. The van der Waals surface area contributed by atoms with E-state index in [4.69, 9.17) is 90.8 Å². The monoisotopic (exact) mass is 1610 g/mol. The van der Waals surface area contributed by atoms with Crippen molar-refractivity contribution in [2.75, 3.05) is 40.6 Å². The summed E-state index contributed by atoms with van der Waals surface area (Å²) in [6.07, 6.45) is 0.232. The molecule has 0 saturated carbocycles. The summed E-state index contributed by atoms with van der Waals surface area (Å²) in [7, 11) is 3.35. The quantitative estimate of drug-likeness (QED) is 0.0774. The number of aliphatic hydroxyl groups excluding tert-OH is 2. The average molecular weight is 1610 g/mol. The van der Waals surface area contributed by atoms with E-state index >= 15 is 0 Å². The van der Waals surface area contributed by atoms with Crippen molar-refractivity contribution in [3.63, 3.8) is 0 Å². The fraction of sp³-hybridized carbons (Fsp3) is 0.596. The van der Waals surface area contributed by atoms with Gasteiger partial charge >= 0.3 is 0 Å². The molecule has 12 rings (SSSR count). The van der Waals surface area contributed by atoms with Crippen LogP contribution in [-0.4, -0.2) is 166 Å². The third kappa shape index (κ3) is 26.1. The fourth-order valence-corrected chi connectivity index (χ4v) is 15.1. The van der Waals surface area contributed by atoms with Gasteiger partial charge in [0, 0.05) is 47.1 Å². The van der Waals surface area contributed by atoms with Gasteiger partial charge in [-0.1, -0.05) is 120 Å². The Morgan fingerprint density at radius 1 is 0.377 bits per heavy atom. The van der Waals surface area contributed by atoms with E-state index in [2.05, 4.69) is 162 Å². The number of hydrogen-bond donors (Lipinski definition) is 2. The zero-order valence-electron chi connectivity index (χ0n) is 73.3. The number of aliphatic hydroxyl groups is 2. The number of aryl methyl sites for hydroxylation is 2. The summed E-state index contributed by atoms with van der Waals surface area (Å²) in [5.74, 6) is 1.55. The van der Waals surface area contributed by atoms with Crippen molar-refractivity contribution in [1.82, 2.24) is 9.13 Å². The van der Waals surface area contributed by atoms with Gasteiger partial charge in [0.15, 0.2) is 6.23 Å². The van der Waals surface area contributed by atoms with Crippen LogP contribution in [0.1, 0.15) is 226 Å². The van der Waals surface area contributed by atoms with E-state index in [1.807, 2.05) is 161 Å². The number of pyridine rings is 2. The minimum absolute atomic E-state index is 0.0245. The third-order valence-electron chi connectivity index (χ3n) is 19.3. The first-order chi connectivity index (χ1) is 52.8. The van der Waals surface area contributed by atoms with Crippen molar-refractivity contribution in [2.24, 2.45) is 0 Å². The summed E-state index contributed by atoms with van der Waals surface area (Å²) in [6.45, 7) is 54.5. The van der Waals surface area contributed by atoms with Gasteiger partial charge in [-0.3, -0.25) is 0 Å². The molecule has 0 radical (unpaired) electrons. The summed E-state index contributed by atoms with van der Waals surface area (Å²) in [5, 5.41) is 31.1. The lowest BCUT2D eigenvalue weighted by molar-refractivity contribution is -0.138. The van der Waals surface area contributed by atoms with Crippen molar-refractivity contribution >= 4 is 67.5 Å². The van der Waals surface area contributed by atoms with Crippen LogP contribution >= 0.6 is 24.4 Å². The van der Waals surface area contributed by atoms with Gasteiger partial charge in [0.2, 0.25) is 0 Å². The number of aromatic nitrogens is 2. The number of fused-ring (bicyclic) bond motifs is 4. The second kappa shape index (κ2) is 37.2. The topological polar surface area (TPSA) is 180 Å². The van der Waals surface area contributed by atoms with Crippen LogP contribution in [0.3, 0.4) is 0 Å². The number of methoxy groups -OCH3 is 2. The van der Waals surface area contributed by atoms with E-state index in [1.165, 1.54) is 16.5 Å². The van der Waals surface area contributed by atoms with Crippen molar-refractivity contribution in [2.45, 2.75) is 323 Å². The largest absolute Gasteiger partial charge is 0.496 e. The molecule has 0 bridgehead atoms. The van der Waals surface area contributed by atoms with Gasteiger partial charge in [0.1, 0.15) is 81.9 Å². The highest BCUT2D eigenvalue weighted by atomic mass is 32.1. The molecule has 4 aliphatic heterocycles. The highest BCUT2D eigenvalue weighted by Gasteiger charge is 2.50. The molecule has 8 aromatic rings. The van der Waals surface area contributed by atoms with Crippen LogP contribution in [0.5, 0.6) is 11.5 Å². The van der Waals surface area contributed by atoms with Gasteiger partial charge in [0.25, 0.3) is 0 Å². The molecule has 114 heavy (non-hydrogen) atoms. The predicted molar refractivity (Wildman–Crippen MR) is 462 cm³/mol. The number of hydrogen-bond acceptors (Lipinski definition) is 18. The van der Waals surface area contributed by atoms with Gasteiger partial charge in [-0.05, 0) is 249 Å². The second-order valence-electron chi connectivity index (χ2n) is 38.6. The summed E-state index contributed by atoms with van der Waals surface area (Å²) in [6, 6.07) is 41.3. The van der Waals surface area contributed by atoms with Gasteiger partial charge in [-0.25, -0.2) is 0 Å². The minimum Gasteiger partial charge on any atom is -0.496 e. The average Bonchev–Trinajstić information content (AvgIpc) is 1.59. The SMILES string of the molecule is COc1cc2ccccc2cc1[C@@H]1C[C@H](OC(C)(C)C)[C@H](COC(C)(C)C)O1.COc1cc2ccccc2cc1[C@H]1O[C@@H](COC(C)(C)C)[C@@H](OC(C)(C)C)C1O.Cc1ccc2c(=S)n([C@@H]3O[C@H](COC(C)(C)C)C(OC(C)(C)C)[C@@H]3O)ccc2c1.Cc1ccc2c(=S)n([C@H]3CC(OC(C)(C)C)[C@@H](COC(C)(C)C)O3)ccc2c1. The van der Waals surface area contributed by atoms with E-state index in [1.54, 1.807) is 14.2 Å². The van der Waals surface area contributed by atoms with Crippen LogP contribution in [0.2, 0.25) is 0 Å². The van der Waals surface area contributed by atoms with Crippen LogP contribution < -0.4 is 9.47 Å². The van der Waals surface area contributed by atoms with Crippen LogP contribution in [0.4, 0.5) is 0 Å². The molecule has 4 aliphatic rings. The van der Waals surface area contributed by atoms with Crippen molar-refractivity contribution < 1.29 is 76.5 Å². The Balaban J connectivity index is 0.000000174. The van der Waals surface area contributed by atoms with Crippen LogP contribution in [0, 0.1) is 23.1 Å². The zero-order valence-corrected chi connectivity index (χ0v) is 75.0. The lowest BCUT2D eigenvalue weighted by Crippen LogP contribution is -2.42. The summed E-state index contributed by atoms with van der Waals surface area (Å²) in [4.78, 5) is 0. The number of benzene rings is 6. The van der Waals surface area contributed by atoms with Crippen molar-refractivity contribution in [1.29, 1.82) is 0 Å². The first kappa shape index (κ1) is 92.0. The van der Waals surface area contributed by atoms with E-state index in [0.717, 1.165) is 72.1 Å². The highest BCUT2D eigenvalue weighted by Crippen LogP contribution is 2.46. The molecule has 0 spiro atoms. The second-order valence-corrected chi connectivity index (χ2v) is 39.4. The molecule has 20 heteroatoms. The molecule has 6 heterocycles. The van der Waals surface area contributed by atoms with Crippen LogP contribution in [0.15, 0.2) is 134 Å². The van der Waals surface area contributed by atoms with Crippen molar-refractivity contribution in [3.05, 3.63) is 165 Å². The Bertz CT molecular complexity index is 4620. The lowest BCUT2D eigenvalue weighted by Gasteiger charge is -2.30. The molecular formula is C94H134N2O16S2. The van der Waals surface area contributed by atoms with Gasteiger partial charge in [-0.2, -0.15) is 0 Å². The maximum Gasteiger partial charge on any atom is 0.163 e. The molecule has 0 amide bonds. The van der Waals surface area contributed by atoms with Crippen LogP contribution in [-0.2, 0) is 56.8 Å². The zero-order chi connectivity index (χ0) is 84.2. The Morgan fingerprint density at radius 3 is 1.18 bits per heavy atom. The Hall–Kier alpha value is -5.86. The fourth-order valence-electron chi connectivity index (χ4n) is 14.4. The third-order valence-corrected chi connectivity index (χ3v) is 20.2. The highest BCUT2D eigenvalue weighted by molar-refractivity contribution is 7.71. The molecule has 3 unspecified atom stereocenters. The van der Waals surface area contributed by atoms with Gasteiger partial charge < -0.3 is 85.7 Å². The Morgan fingerprint density at radius 2 is 0.746 bits per heavy atom. The summed E-state index contributed by atoms with van der Waals surface area (Å²) in [5.41, 5.74) is 1.93. The first-order valence-electron chi connectivity index (χ1n) is 40.4. The molecule has 2 aromatic heterocycles. The standard InChI is InChI=1S/C24H34O5.C24H34O4.C23H33NO4S.C23H33NO3S/c1-23(2,3)27-14-19-22(29-24(4,5)6)20(25)21(28-19)17-12-15-10-8-9-11-16(15)13-18(17)26-7;1-23(2,3)26-15-22-21(28-24(4,5)6)14-20(27-22)18-12-16-10-8-9-11-17(16)13-19(18)25-7;1-14-8-9-16-15(12-14)10-11-24(21(16)29)20-18(25)19(28-23(5,6)7)17(27-20)13-26-22(2,3)4;1-15-8-9-17-16(12-15)10-11-24(21(17)28)20-13-18(27-23(5,6)7)19(26-20)14-25-22(2,3)4/h8-13,19-22,25H,14H2,1-7H3;8-13,20-22H,14-15H2,1-7H3;8-12,17-20,25H,13H2,1-7H3;8-12,18-20H,13-14H2,1-7H3/t19-,20?,21+,22+;20-,21-,22-;17-,18+,19?,20-;18?,19-,20-/m0011/s1. The molecule has 628 valence electrons. The maximum atomic E-state index is 11.2. The van der Waals surface area contributed by atoms with E-state index in [9.17, 15) is 10.2 Å². The maximum absolute atomic E-state index is 11.2. The molecule has 4 saturated heterocycles. The van der Waals surface area contributed by atoms with E-state index < -0.39 is 54.1 Å². The molecule has 0 aliphatic carbocycles. The van der Waals surface area contributed by atoms with Gasteiger partial charge in [-0.15, -0.1) is 0 Å². The summed E-state index contributed by atoms with van der Waals surface area (Å²) < 4.78 is 91.1. The molecular weight excluding hydrogens is 1480 g/mol. The smallest absolute Gasteiger partial charge is 0.163 e. The molecule has 6 aromatic carbocycles. The number of rotatable bonds is 18. The Kier molecular flexibility index (Phi) is 30.0. The normalized spacial score (nSPS) is 24.5. The van der Waals surface area contributed by atoms with Crippen LogP contribution in [0.25, 0.3) is 43.1 Å². The van der Waals surface area contributed by atoms with E-state index in [0.29, 0.717) is 36.8 Å². The lowest BCUT2D eigenvalue weighted by atomic mass is 9.97. The summed E-state index contributed by atoms with van der Waals surface area (Å²) >= 11 is 11.5. The molecule has 4 fully saturated rings. The molecule has 18 nitrogen and oxygen atoms in total. The van der Waals surface area contributed by atoms with E-state index in [-0.39, 0.29) is 76.5 Å². The Labute approximate surface area is 690 Å². The van der Waals surface area contributed by atoms with Crippen molar-refractivity contribution in [3.8, 4) is 11.5 Å².